The Bertz CT molecular complexity index is 292. The van der Waals surface area contributed by atoms with E-state index in [4.69, 9.17) is 16.9 Å². The van der Waals surface area contributed by atoms with Gasteiger partial charge in [0.1, 0.15) is 0 Å². The third-order valence-electron chi connectivity index (χ3n) is 1.22. The Hall–Kier alpha value is -1.26. The molecule has 1 rings (SSSR count). The van der Waals surface area contributed by atoms with Crippen LogP contribution >= 0.6 is 11.6 Å². The maximum Gasteiger partial charge on any atom is 0.0912 e. The lowest BCUT2D eigenvalue weighted by molar-refractivity contribution is 1.54. The highest BCUT2D eigenvalue weighted by Crippen LogP contribution is 2.10. The van der Waals surface area contributed by atoms with E-state index in [0.717, 1.165) is 5.56 Å². The van der Waals surface area contributed by atoms with Gasteiger partial charge in [-0.1, -0.05) is 23.7 Å². The molecular weight excluding hydrogens is 158 g/mol. The van der Waals surface area contributed by atoms with Crippen LogP contribution in [0.5, 0.6) is 0 Å². The van der Waals surface area contributed by atoms with Crippen molar-refractivity contribution in [3.63, 3.8) is 0 Å². The van der Waals surface area contributed by atoms with Crippen molar-refractivity contribution in [1.82, 2.24) is 0 Å². The van der Waals surface area contributed by atoms with Gasteiger partial charge in [-0.05, 0) is 23.8 Å². The molecule has 1 aromatic rings. The highest BCUT2D eigenvalue weighted by atomic mass is 35.5. The molecule has 0 aromatic heterocycles. The Balaban J connectivity index is 2.84. The first-order valence-corrected chi connectivity index (χ1v) is 3.52. The average Bonchev–Trinajstić information content (AvgIpc) is 2.04. The number of benzene rings is 1. The maximum atomic E-state index is 8.22. The van der Waals surface area contributed by atoms with Crippen molar-refractivity contribution in [1.29, 1.82) is 5.26 Å². The summed E-state index contributed by atoms with van der Waals surface area (Å²) < 4.78 is 0. The van der Waals surface area contributed by atoms with Crippen LogP contribution in [0.15, 0.2) is 30.3 Å². The molecule has 54 valence electrons. The van der Waals surface area contributed by atoms with Crippen molar-refractivity contribution in [2.45, 2.75) is 0 Å². The van der Waals surface area contributed by atoms with Gasteiger partial charge in [-0.15, -0.1) is 0 Å². The van der Waals surface area contributed by atoms with Gasteiger partial charge >= 0.3 is 0 Å². The first-order valence-electron chi connectivity index (χ1n) is 3.14. The topological polar surface area (TPSA) is 23.8 Å². The molecule has 0 amide bonds. The molecule has 0 saturated carbocycles. The molecule has 0 bridgehead atoms. The van der Waals surface area contributed by atoms with E-state index in [-0.39, 0.29) is 0 Å². The van der Waals surface area contributed by atoms with Crippen LogP contribution in [-0.2, 0) is 0 Å². The minimum atomic E-state index is 0.708. The van der Waals surface area contributed by atoms with Crippen molar-refractivity contribution in [3.05, 3.63) is 40.9 Å². The molecule has 0 radical (unpaired) electrons. The quantitative estimate of drug-likeness (QED) is 0.584. The summed E-state index contributed by atoms with van der Waals surface area (Å²) >= 11 is 5.66. The molecule has 0 unspecified atom stereocenters. The molecular formula is C9H6ClN. The van der Waals surface area contributed by atoms with Gasteiger partial charge in [-0.25, -0.2) is 0 Å². The van der Waals surface area contributed by atoms with Gasteiger partial charge in [0.05, 0.1) is 6.07 Å². The number of hydrogen-bond donors (Lipinski definition) is 0. The van der Waals surface area contributed by atoms with E-state index in [0.29, 0.717) is 5.02 Å². The summed E-state index contributed by atoms with van der Waals surface area (Å²) in [7, 11) is 0. The van der Waals surface area contributed by atoms with Crippen molar-refractivity contribution in [2.75, 3.05) is 0 Å². The second kappa shape index (κ2) is 3.80. The molecule has 0 saturated heterocycles. The number of halogens is 1. The molecule has 1 aromatic carbocycles. The lowest BCUT2D eigenvalue weighted by atomic mass is 10.2. The molecule has 0 N–H and O–H groups in total. The lowest BCUT2D eigenvalue weighted by Gasteiger charge is -1.90. The normalized spacial score (nSPS) is 9.82. The highest BCUT2D eigenvalue weighted by molar-refractivity contribution is 6.30. The van der Waals surface area contributed by atoms with Crippen LogP contribution in [-0.4, -0.2) is 0 Å². The fraction of sp³-hybridized carbons (Fsp3) is 0. The largest absolute Gasteiger partial charge is 0.193 e. The van der Waals surface area contributed by atoms with Crippen molar-refractivity contribution >= 4 is 17.7 Å². The van der Waals surface area contributed by atoms with E-state index < -0.39 is 0 Å². The molecule has 2 heteroatoms. The van der Waals surface area contributed by atoms with Gasteiger partial charge in [0.25, 0.3) is 0 Å². The van der Waals surface area contributed by atoms with E-state index in [2.05, 4.69) is 0 Å². The smallest absolute Gasteiger partial charge is 0.0912 e. The number of allylic oxidation sites excluding steroid dienone is 1. The third-order valence-corrected chi connectivity index (χ3v) is 1.47. The van der Waals surface area contributed by atoms with E-state index in [1.807, 2.05) is 18.2 Å². The first kappa shape index (κ1) is 7.84. The summed E-state index contributed by atoms with van der Waals surface area (Å²) in [5.41, 5.74) is 0.982. The van der Waals surface area contributed by atoms with Crippen molar-refractivity contribution < 1.29 is 0 Å². The lowest BCUT2D eigenvalue weighted by Crippen LogP contribution is -1.68. The zero-order valence-electron chi connectivity index (χ0n) is 5.79. The molecule has 0 heterocycles. The summed E-state index contributed by atoms with van der Waals surface area (Å²) in [6.45, 7) is 0. The Morgan fingerprint density at radius 3 is 2.45 bits per heavy atom. The fourth-order valence-electron chi connectivity index (χ4n) is 0.707. The van der Waals surface area contributed by atoms with Gasteiger partial charge in [-0.2, -0.15) is 5.26 Å². The second-order valence-corrected chi connectivity index (χ2v) is 2.45. The minimum absolute atomic E-state index is 0.708. The van der Waals surface area contributed by atoms with Crippen molar-refractivity contribution in [2.24, 2.45) is 0 Å². The summed E-state index contributed by atoms with van der Waals surface area (Å²) in [6.07, 6.45) is 3.17. The van der Waals surface area contributed by atoms with Gasteiger partial charge in [0.15, 0.2) is 0 Å². The van der Waals surface area contributed by atoms with Crippen molar-refractivity contribution in [3.8, 4) is 6.07 Å². The molecule has 0 aliphatic heterocycles. The number of nitriles is 1. The van der Waals surface area contributed by atoms with E-state index in [1.54, 1.807) is 18.2 Å². The van der Waals surface area contributed by atoms with Crippen LogP contribution in [0.25, 0.3) is 6.08 Å². The van der Waals surface area contributed by atoms with Crippen LogP contribution in [0.1, 0.15) is 5.56 Å². The van der Waals surface area contributed by atoms with Crippen LogP contribution in [0.4, 0.5) is 0 Å². The highest BCUT2D eigenvalue weighted by Gasteiger charge is 1.85. The summed E-state index contributed by atoms with van der Waals surface area (Å²) in [4.78, 5) is 0. The number of rotatable bonds is 1. The van der Waals surface area contributed by atoms with Crippen LogP contribution < -0.4 is 0 Å². The molecule has 1 nitrogen and oxygen atoms in total. The Morgan fingerprint density at radius 1 is 1.27 bits per heavy atom. The van der Waals surface area contributed by atoms with E-state index in [1.165, 1.54) is 6.08 Å². The Kier molecular flexibility index (Phi) is 2.71. The molecule has 0 atom stereocenters. The van der Waals surface area contributed by atoms with Gasteiger partial charge in [0, 0.05) is 11.1 Å². The molecule has 0 aliphatic rings. The van der Waals surface area contributed by atoms with E-state index in [9.17, 15) is 0 Å². The predicted octanol–water partition coefficient (Wildman–Crippen LogP) is 2.88. The average molecular weight is 164 g/mol. The van der Waals surface area contributed by atoms with Crippen LogP contribution in [0.3, 0.4) is 0 Å². The minimum Gasteiger partial charge on any atom is -0.193 e. The van der Waals surface area contributed by atoms with E-state index >= 15 is 0 Å². The standard InChI is InChI=1S/C9H6ClN/c10-9-5-3-8(4-6-9)2-1-7-11/h1-6H/b2-1-. The predicted molar refractivity (Wildman–Crippen MR) is 46.1 cm³/mol. The second-order valence-electron chi connectivity index (χ2n) is 2.01. The molecule has 0 fully saturated rings. The van der Waals surface area contributed by atoms with Gasteiger partial charge < -0.3 is 0 Å². The SMILES string of the molecule is N#C/C=C\c1ccc(Cl)cc1. The molecule has 11 heavy (non-hydrogen) atoms. The number of hydrogen-bond acceptors (Lipinski definition) is 1. The molecule has 0 spiro atoms. The van der Waals surface area contributed by atoms with Crippen LogP contribution in [0.2, 0.25) is 5.02 Å². The number of nitrogens with zero attached hydrogens (tertiary/aromatic N) is 1. The van der Waals surface area contributed by atoms with Crippen LogP contribution in [0, 0.1) is 11.3 Å². The van der Waals surface area contributed by atoms with Gasteiger partial charge in [-0.3, -0.25) is 0 Å². The maximum absolute atomic E-state index is 8.22. The zero-order chi connectivity index (χ0) is 8.10. The summed E-state index contributed by atoms with van der Waals surface area (Å²) in [6, 6.07) is 9.21. The summed E-state index contributed by atoms with van der Waals surface area (Å²) in [5.74, 6) is 0. The summed E-state index contributed by atoms with van der Waals surface area (Å²) in [5, 5.41) is 8.93. The van der Waals surface area contributed by atoms with Gasteiger partial charge in [0.2, 0.25) is 0 Å². The Morgan fingerprint density at radius 2 is 1.91 bits per heavy atom. The monoisotopic (exact) mass is 163 g/mol. The third kappa shape index (κ3) is 2.45. The zero-order valence-corrected chi connectivity index (χ0v) is 6.55. The Labute approximate surface area is 70.5 Å². The fourth-order valence-corrected chi connectivity index (χ4v) is 0.833. The first-order chi connectivity index (χ1) is 5.33. The molecule has 0 aliphatic carbocycles.